The molecule has 0 aliphatic rings. The number of hydrogen-bond acceptors (Lipinski definition) is 3. The minimum absolute atomic E-state index is 0.0279. The molecule has 0 bridgehead atoms. The molecule has 0 radical (unpaired) electrons. The normalized spacial score (nSPS) is 12.1. The minimum Gasteiger partial charge on any atom is -0.478 e. The van der Waals surface area contributed by atoms with Crippen molar-refractivity contribution in [2.75, 3.05) is 4.72 Å². The fraction of sp³-hybridized carbons (Fsp3) is 0.125. The van der Waals surface area contributed by atoms with E-state index in [9.17, 15) is 9.00 Å². The second kappa shape index (κ2) is 4.87. The van der Waals surface area contributed by atoms with Crippen LogP contribution in [-0.2, 0) is 17.8 Å². The number of rotatable bonds is 4. The Balaban J connectivity index is 3.12. The van der Waals surface area contributed by atoms with E-state index in [4.69, 9.17) is 15.4 Å². The van der Waals surface area contributed by atoms with E-state index in [1.54, 1.807) is 0 Å². The highest BCUT2D eigenvalue weighted by Gasteiger charge is 2.08. The van der Waals surface area contributed by atoms with Crippen LogP contribution in [0.25, 0.3) is 0 Å². The zero-order valence-corrected chi connectivity index (χ0v) is 8.45. The Morgan fingerprint density at radius 1 is 1.53 bits per heavy atom. The molecule has 1 aromatic rings. The second-order valence-corrected chi connectivity index (χ2v) is 3.43. The SMILES string of the molecule is NCc1ccc(C(=O)O)cc1NS(=O)O. The summed E-state index contributed by atoms with van der Waals surface area (Å²) in [6.07, 6.45) is 0. The lowest BCUT2D eigenvalue weighted by Crippen LogP contribution is -2.09. The summed E-state index contributed by atoms with van der Waals surface area (Å²) < 4.78 is 21.4. The van der Waals surface area contributed by atoms with Crippen LogP contribution in [0.5, 0.6) is 0 Å². The van der Waals surface area contributed by atoms with Gasteiger partial charge in [-0.3, -0.25) is 9.27 Å². The van der Waals surface area contributed by atoms with Gasteiger partial charge in [-0.25, -0.2) is 9.00 Å². The van der Waals surface area contributed by atoms with E-state index in [-0.39, 0.29) is 17.8 Å². The van der Waals surface area contributed by atoms with Crippen molar-refractivity contribution in [3.05, 3.63) is 29.3 Å². The number of carboxylic acids is 1. The molecular weight excluding hydrogens is 220 g/mol. The fourth-order valence-electron chi connectivity index (χ4n) is 1.08. The topological polar surface area (TPSA) is 113 Å². The smallest absolute Gasteiger partial charge is 0.335 e. The molecule has 6 nitrogen and oxygen atoms in total. The monoisotopic (exact) mass is 230 g/mol. The summed E-state index contributed by atoms with van der Waals surface area (Å²) in [6.45, 7) is 0.152. The highest BCUT2D eigenvalue weighted by Crippen LogP contribution is 2.17. The van der Waals surface area contributed by atoms with Gasteiger partial charge in [0.15, 0.2) is 0 Å². The van der Waals surface area contributed by atoms with Crippen LogP contribution in [0.1, 0.15) is 15.9 Å². The Labute approximate surface area is 88.5 Å². The summed E-state index contributed by atoms with van der Waals surface area (Å²) in [6, 6.07) is 4.15. The predicted molar refractivity (Wildman–Crippen MR) is 55.7 cm³/mol. The molecule has 1 aromatic carbocycles. The van der Waals surface area contributed by atoms with Crippen molar-refractivity contribution < 1.29 is 18.7 Å². The summed E-state index contributed by atoms with van der Waals surface area (Å²) >= 11 is -2.25. The maximum atomic E-state index is 10.6. The molecule has 1 rings (SSSR count). The molecule has 0 aromatic heterocycles. The summed E-state index contributed by atoms with van der Waals surface area (Å²) in [5, 5.41) is 8.71. The van der Waals surface area contributed by atoms with Gasteiger partial charge >= 0.3 is 5.97 Å². The maximum absolute atomic E-state index is 10.6. The average Bonchev–Trinajstić information content (AvgIpc) is 2.16. The van der Waals surface area contributed by atoms with Crippen molar-refractivity contribution in [3.8, 4) is 0 Å². The standard InChI is InChI=1S/C8H10N2O4S/c9-4-6-2-1-5(8(11)12)3-7(6)10-15(13)14/h1-3,10H,4,9H2,(H,11,12)(H,13,14). The molecule has 82 valence electrons. The van der Waals surface area contributed by atoms with Gasteiger partial charge in [-0.05, 0) is 17.7 Å². The molecule has 1 unspecified atom stereocenters. The van der Waals surface area contributed by atoms with Crippen LogP contribution >= 0.6 is 0 Å². The van der Waals surface area contributed by atoms with Gasteiger partial charge in [-0.1, -0.05) is 6.07 Å². The first-order valence-electron chi connectivity index (χ1n) is 3.98. The number of nitrogens with one attached hydrogen (secondary N) is 1. The zero-order chi connectivity index (χ0) is 11.4. The van der Waals surface area contributed by atoms with Crippen molar-refractivity contribution in [1.29, 1.82) is 0 Å². The van der Waals surface area contributed by atoms with Gasteiger partial charge in [-0.15, -0.1) is 0 Å². The molecule has 0 saturated heterocycles. The summed E-state index contributed by atoms with van der Waals surface area (Å²) in [7, 11) is 0. The number of benzene rings is 1. The van der Waals surface area contributed by atoms with Crippen LogP contribution < -0.4 is 10.5 Å². The van der Waals surface area contributed by atoms with Crippen LogP contribution in [0.2, 0.25) is 0 Å². The number of nitrogens with two attached hydrogens (primary N) is 1. The molecule has 15 heavy (non-hydrogen) atoms. The van der Waals surface area contributed by atoms with Crippen LogP contribution in [0.4, 0.5) is 5.69 Å². The Kier molecular flexibility index (Phi) is 3.78. The van der Waals surface area contributed by atoms with Crippen LogP contribution in [0, 0.1) is 0 Å². The van der Waals surface area contributed by atoms with E-state index < -0.39 is 17.2 Å². The van der Waals surface area contributed by atoms with E-state index >= 15 is 0 Å². The number of carboxylic acid groups (broad SMARTS) is 1. The maximum Gasteiger partial charge on any atom is 0.335 e. The van der Waals surface area contributed by atoms with Crippen LogP contribution in [0.15, 0.2) is 18.2 Å². The molecule has 0 heterocycles. The van der Waals surface area contributed by atoms with Gasteiger partial charge < -0.3 is 10.8 Å². The lowest BCUT2D eigenvalue weighted by molar-refractivity contribution is 0.0697. The highest BCUT2D eigenvalue weighted by atomic mass is 32.2. The minimum atomic E-state index is -2.25. The second-order valence-electron chi connectivity index (χ2n) is 2.73. The fourth-order valence-corrected chi connectivity index (χ4v) is 1.45. The van der Waals surface area contributed by atoms with Crippen molar-refractivity contribution >= 4 is 22.9 Å². The van der Waals surface area contributed by atoms with E-state index in [0.29, 0.717) is 5.56 Å². The molecule has 5 N–H and O–H groups in total. The predicted octanol–water partition coefficient (Wildman–Crippen LogP) is 0.392. The Hall–Kier alpha value is -1.44. The van der Waals surface area contributed by atoms with Gasteiger partial charge in [0.25, 0.3) is 11.3 Å². The lowest BCUT2D eigenvalue weighted by Gasteiger charge is -2.08. The number of anilines is 1. The zero-order valence-electron chi connectivity index (χ0n) is 7.64. The molecule has 0 amide bonds. The van der Waals surface area contributed by atoms with Gasteiger partial charge in [0.2, 0.25) is 0 Å². The van der Waals surface area contributed by atoms with Crippen LogP contribution in [-0.4, -0.2) is 19.8 Å². The van der Waals surface area contributed by atoms with Gasteiger partial charge in [0.05, 0.1) is 11.3 Å². The quantitative estimate of drug-likeness (QED) is 0.559. The number of carbonyl (C=O) groups is 1. The molecule has 0 fully saturated rings. The lowest BCUT2D eigenvalue weighted by atomic mass is 10.1. The average molecular weight is 230 g/mol. The highest BCUT2D eigenvalue weighted by molar-refractivity contribution is 7.80. The van der Waals surface area contributed by atoms with Crippen molar-refractivity contribution in [1.82, 2.24) is 0 Å². The van der Waals surface area contributed by atoms with E-state index in [1.165, 1.54) is 18.2 Å². The van der Waals surface area contributed by atoms with E-state index in [0.717, 1.165) is 0 Å². The van der Waals surface area contributed by atoms with Gasteiger partial charge in [-0.2, -0.15) is 0 Å². The number of hydrogen-bond donors (Lipinski definition) is 4. The summed E-state index contributed by atoms with van der Waals surface area (Å²) in [5.41, 5.74) is 6.23. The van der Waals surface area contributed by atoms with E-state index in [1.807, 2.05) is 0 Å². The third-order valence-electron chi connectivity index (χ3n) is 1.77. The van der Waals surface area contributed by atoms with Gasteiger partial charge in [0.1, 0.15) is 0 Å². The first-order chi connectivity index (χ1) is 7.04. The first-order valence-corrected chi connectivity index (χ1v) is 5.09. The molecule has 0 spiro atoms. The molecule has 0 aliphatic heterocycles. The molecule has 0 saturated carbocycles. The summed E-state index contributed by atoms with van der Waals surface area (Å²) in [4.78, 5) is 10.6. The van der Waals surface area contributed by atoms with Crippen molar-refractivity contribution in [2.24, 2.45) is 5.73 Å². The third-order valence-corrected chi connectivity index (χ3v) is 2.17. The van der Waals surface area contributed by atoms with Crippen molar-refractivity contribution in [3.63, 3.8) is 0 Å². The van der Waals surface area contributed by atoms with Gasteiger partial charge in [0, 0.05) is 6.54 Å². The Bertz CT molecular complexity index is 408. The molecule has 0 aliphatic carbocycles. The Morgan fingerprint density at radius 3 is 2.67 bits per heavy atom. The largest absolute Gasteiger partial charge is 0.478 e. The molecule has 7 heteroatoms. The Morgan fingerprint density at radius 2 is 2.20 bits per heavy atom. The third kappa shape index (κ3) is 3.01. The van der Waals surface area contributed by atoms with Crippen LogP contribution in [0.3, 0.4) is 0 Å². The number of aromatic carboxylic acids is 1. The van der Waals surface area contributed by atoms with Crippen molar-refractivity contribution in [2.45, 2.75) is 6.54 Å². The first kappa shape index (κ1) is 11.6. The molecular formula is C8H10N2O4S. The van der Waals surface area contributed by atoms with E-state index in [2.05, 4.69) is 4.72 Å². The summed E-state index contributed by atoms with van der Waals surface area (Å²) in [5.74, 6) is -1.11. The molecule has 1 atom stereocenters.